The predicted molar refractivity (Wildman–Crippen MR) is 72.5 cm³/mol. The van der Waals surface area contributed by atoms with Gasteiger partial charge in [0.1, 0.15) is 6.04 Å². The predicted octanol–water partition coefficient (Wildman–Crippen LogP) is 3.64. The largest absolute Gasteiger partial charge is 0.417 e. The van der Waals surface area contributed by atoms with Crippen LogP contribution in [0.3, 0.4) is 0 Å². The van der Waals surface area contributed by atoms with Gasteiger partial charge in [-0.15, -0.1) is 0 Å². The minimum Gasteiger partial charge on any atom is -0.417 e. The van der Waals surface area contributed by atoms with Crippen LogP contribution in [0.4, 0.5) is 23.7 Å². The Morgan fingerprint density at radius 1 is 1.32 bits per heavy atom. The van der Waals surface area contributed by atoms with E-state index in [9.17, 15) is 18.0 Å². The Labute approximate surface area is 125 Å². The zero-order valence-corrected chi connectivity index (χ0v) is 11.8. The molecule has 2 unspecified atom stereocenters. The minimum atomic E-state index is -4.19. The Bertz CT molecular complexity index is 561. The summed E-state index contributed by atoms with van der Waals surface area (Å²) in [5, 5.41) is 0. The third-order valence-corrected chi connectivity index (χ3v) is 3.91. The number of alkyl halides is 3. The first-order valence-electron chi connectivity index (χ1n) is 7.22. The van der Waals surface area contributed by atoms with Crippen LogP contribution in [0, 0.1) is 0 Å². The van der Waals surface area contributed by atoms with Crippen LogP contribution in [-0.2, 0) is 15.9 Å². The lowest BCUT2D eigenvalue weighted by atomic mass is 9.96. The zero-order chi connectivity index (χ0) is 15.7. The summed E-state index contributed by atoms with van der Waals surface area (Å²) >= 11 is 0. The number of cyclic esters (lactones) is 1. The van der Waals surface area contributed by atoms with Gasteiger partial charge in [-0.2, -0.15) is 13.2 Å². The SMILES string of the molecule is O=C1OC(OCCCC(F)(F)F)C2CCc3ccccc3N12. The summed E-state index contributed by atoms with van der Waals surface area (Å²) in [6.07, 6.45) is -5.06. The van der Waals surface area contributed by atoms with Crippen LogP contribution < -0.4 is 4.90 Å². The third kappa shape index (κ3) is 3.04. The molecule has 2 aliphatic heterocycles. The third-order valence-electron chi connectivity index (χ3n) is 3.91. The van der Waals surface area contributed by atoms with Crippen molar-refractivity contribution in [3.63, 3.8) is 0 Å². The Kier molecular flexibility index (Phi) is 3.99. The van der Waals surface area contributed by atoms with E-state index in [2.05, 4.69) is 0 Å². The molecule has 1 aromatic rings. The van der Waals surface area contributed by atoms with Crippen molar-refractivity contribution >= 4 is 11.8 Å². The molecule has 0 radical (unpaired) electrons. The molecule has 3 rings (SSSR count). The van der Waals surface area contributed by atoms with Crippen LogP contribution in [0.25, 0.3) is 0 Å². The maximum Gasteiger partial charge on any atom is 0.417 e. The van der Waals surface area contributed by atoms with E-state index in [1.165, 1.54) is 0 Å². The van der Waals surface area contributed by atoms with Gasteiger partial charge in [-0.25, -0.2) is 4.79 Å². The number of nitrogens with zero attached hydrogens (tertiary/aromatic N) is 1. The summed E-state index contributed by atoms with van der Waals surface area (Å²) in [4.78, 5) is 13.6. The average molecular weight is 315 g/mol. The maximum atomic E-state index is 12.1. The van der Waals surface area contributed by atoms with E-state index in [0.29, 0.717) is 6.42 Å². The van der Waals surface area contributed by atoms with Gasteiger partial charge in [0.05, 0.1) is 12.3 Å². The number of aryl methyl sites for hydroxylation is 1. The van der Waals surface area contributed by atoms with Crippen LogP contribution in [0.5, 0.6) is 0 Å². The second kappa shape index (κ2) is 5.79. The van der Waals surface area contributed by atoms with Crippen molar-refractivity contribution in [2.75, 3.05) is 11.5 Å². The molecule has 2 heterocycles. The summed E-state index contributed by atoms with van der Waals surface area (Å²) in [5.74, 6) is 0. The first-order valence-corrected chi connectivity index (χ1v) is 7.22. The smallest absolute Gasteiger partial charge is 0.417 e. The lowest BCUT2D eigenvalue weighted by Gasteiger charge is -2.30. The number of carbonyl (C=O) groups excluding carboxylic acids is 1. The van der Waals surface area contributed by atoms with Crippen molar-refractivity contribution < 1.29 is 27.4 Å². The van der Waals surface area contributed by atoms with E-state index >= 15 is 0 Å². The number of halogens is 3. The molecule has 0 aliphatic carbocycles. The number of rotatable bonds is 4. The van der Waals surface area contributed by atoms with Gasteiger partial charge >= 0.3 is 12.3 Å². The lowest BCUT2D eigenvalue weighted by molar-refractivity contribution is -0.145. The maximum absolute atomic E-state index is 12.1. The molecule has 1 amide bonds. The van der Waals surface area contributed by atoms with Gasteiger partial charge in [-0.3, -0.25) is 4.90 Å². The van der Waals surface area contributed by atoms with Crippen LogP contribution in [0.15, 0.2) is 24.3 Å². The molecule has 120 valence electrons. The van der Waals surface area contributed by atoms with E-state index in [0.717, 1.165) is 17.7 Å². The van der Waals surface area contributed by atoms with E-state index in [1.807, 2.05) is 24.3 Å². The van der Waals surface area contributed by atoms with Crippen LogP contribution in [-0.4, -0.2) is 31.2 Å². The van der Waals surface area contributed by atoms with E-state index < -0.39 is 25.0 Å². The van der Waals surface area contributed by atoms with Gasteiger partial charge in [-0.05, 0) is 30.9 Å². The number of ether oxygens (including phenoxy) is 2. The summed E-state index contributed by atoms with van der Waals surface area (Å²) < 4.78 is 46.9. The van der Waals surface area contributed by atoms with Gasteiger partial charge in [0.25, 0.3) is 0 Å². The quantitative estimate of drug-likeness (QED) is 0.796. The first kappa shape index (κ1) is 15.1. The highest BCUT2D eigenvalue weighted by Crippen LogP contribution is 2.37. The fraction of sp³-hybridized carbons (Fsp3) is 0.533. The van der Waals surface area contributed by atoms with E-state index in [4.69, 9.17) is 9.47 Å². The number of hydrogen-bond acceptors (Lipinski definition) is 3. The summed E-state index contributed by atoms with van der Waals surface area (Å²) in [6.45, 7) is -0.0799. The topological polar surface area (TPSA) is 38.8 Å². The molecule has 0 bridgehead atoms. The van der Waals surface area contributed by atoms with Crippen LogP contribution in [0.2, 0.25) is 0 Å². The molecular formula is C15H16F3NO3. The molecule has 1 saturated heterocycles. The van der Waals surface area contributed by atoms with Crippen molar-refractivity contribution in [3.8, 4) is 0 Å². The molecule has 1 fully saturated rings. The van der Waals surface area contributed by atoms with Crippen molar-refractivity contribution in [1.82, 2.24) is 0 Å². The lowest BCUT2D eigenvalue weighted by Crippen LogP contribution is -2.41. The first-order chi connectivity index (χ1) is 10.5. The Morgan fingerprint density at radius 2 is 2.09 bits per heavy atom. The number of para-hydroxylation sites is 1. The van der Waals surface area contributed by atoms with E-state index in [-0.39, 0.29) is 19.1 Å². The molecule has 0 N–H and O–H groups in total. The van der Waals surface area contributed by atoms with Crippen LogP contribution in [0.1, 0.15) is 24.8 Å². The number of anilines is 1. The number of benzene rings is 1. The van der Waals surface area contributed by atoms with E-state index in [1.54, 1.807) is 4.90 Å². The molecular weight excluding hydrogens is 299 g/mol. The van der Waals surface area contributed by atoms with Gasteiger partial charge in [-0.1, -0.05) is 18.2 Å². The molecule has 7 heteroatoms. The Morgan fingerprint density at radius 3 is 2.86 bits per heavy atom. The van der Waals surface area contributed by atoms with Crippen molar-refractivity contribution in [1.29, 1.82) is 0 Å². The Hall–Kier alpha value is -1.76. The Balaban J connectivity index is 1.62. The van der Waals surface area contributed by atoms with Gasteiger partial charge < -0.3 is 9.47 Å². The fourth-order valence-corrected chi connectivity index (χ4v) is 2.91. The second-order valence-corrected chi connectivity index (χ2v) is 5.45. The minimum absolute atomic E-state index is 0.0799. The molecule has 2 aliphatic rings. The number of carbonyl (C=O) groups is 1. The highest BCUT2D eigenvalue weighted by molar-refractivity contribution is 5.92. The normalized spacial score (nSPS) is 24.0. The highest BCUT2D eigenvalue weighted by atomic mass is 19.4. The van der Waals surface area contributed by atoms with Crippen molar-refractivity contribution in [2.45, 2.75) is 44.2 Å². The summed E-state index contributed by atoms with van der Waals surface area (Å²) in [6, 6.07) is 7.27. The number of hydrogen-bond donors (Lipinski definition) is 0. The second-order valence-electron chi connectivity index (χ2n) is 5.45. The molecule has 4 nitrogen and oxygen atoms in total. The molecule has 1 aromatic carbocycles. The zero-order valence-electron chi connectivity index (χ0n) is 11.8. The molecule has 22 heavy (non-hydrogen) atoms. The summed E-state index contributed by atoms with van der Waals surface area (Å²) in [5.41, 5.74) is 1.86. The monoisotopic (exact) mass is 315 g/mol. The van der Waals surface area contributed by atoms with Gasteiger partial charge in [0.15, 0.2) is 0 Å². The average Bonchev–Trinajstić information content (AvgIpc) is 2.79. The van der Waals surface area contributed by atoms with Crippen molar-refractivity contribution in [3.05, 3.63) is 29.8 Å². The van der Waals surface area contributed by atoms with Crippen molar-refractivity contribution in [2.24, 2.45) is 0 Å². The highest BCUT2D eigenvalue weighted by Gasteiger charge is 2.45. The number of fused-ring (bicyclic) bond motifs is 3. The molecule has 0 aromatic heterocycles. The number of amides is 1. The molecule has 2 atom stereocenters. The van der Waals surface area contributed by atoms with Gasteiger partial charge in [0, 0.05) is 6.42 Å². The van der Waals surface area contributed by atoms with Crippen LogP contribution >= 0.6 is 0 Å². The molecule has 0 saturated carbocycles. The summed E-state index contributed by atoms with van der Waals surface area (Å²) in [7, 11) is 0. The molecule has 0 spiro atoms. The standard InChI is InChI=1S/C15H16F3NO3/c16-15(17,18)8-3-9-21-13-12-7-6-10-4-1-2-5-11(10)19(12)14(20)22-13/h1-2,4-5,12-13H,3,6-9H2. The van der Waals surface area contributed by atoms with Gasteiger partial charge in [0.2, 0.25) is 6.29 Å². The fourth-order valence-electron chi connectivity index (χ4n) is 2.91.